The van der Waals surface area contributed by atoms with E-state index in [1.165, 1.54) is 18.2 Å². The number of nitrogens with two attached hydrogens (primary N) is 1. The molecular weight excluding hydrogens is 371 g/mol. The molecule has 2 aromatic rings. The summed E-state index contributed by atoms with van der Waals surface area (Å²) in [6.45, 7) is 1.66. The lowest BCUT2D eigenvalue weighted by Crippen LogP contribution is -2.30. The molecule has 0 saturated carbocycles. The highest BCUT2D eigenvalue weighted by molar-refractivity contribution is 7.99. The van der Waals surface area contributed by atoms with Gasteiger partial charge >= 0.3 is 0 Å². The highest BCUT2D eigenvalue weighted by Crippen LogP contribution is 2.37. The average molecular weight is 386 g/mol. The first-order valence-corrected chi connectivity index (χ1v) is 10.5. The van der Waals surface area contributed by atoms with Gasteiger partial charge in [0.1, 0.15) is 10.0 Å². The van der Waals surface area contributed by atoms with E-state index in [9.17, 15) is 17.6 Å². The SMILES string of the molecule is Cc1cc(S(N)(=O)=O)sc1C(=O)NC1CCSc2ccc(F)cc21. The lowest BCUT2D eigenvalue weighted by molar-refractivity contribution is 0.0938. The summed E-state index contributed by atoms with van der Waals surface area (Å²) in [4.78, 5) is 13.8. The zero-order chi connectivity index (χ0) is 17.5. The van der Waals surface area contributed by atoms with Crippen LogP contribution in [0.5, 0.6) is 0 Å². The van der Waals surface area contributed by atoms with Crippen molar-refractivity contribution < 1.29 is 17.6 Å². The topological polar surface area (TPSA) is 89.3 Å². The number of hydrogen-bond acceptors (Lipinski definition) is 5. The van der Waals surface area contributed by atoms with Crippen molar-refractivity contribution in [3.8, 4) is 0 Å². The van der Waals surface area contributed by atoms with E-state index in [-0.39, 0.29) is 22.0 Å². The predicted molar refractivity (Wildman–Crippen MR) is 92.4 cm³/mol. The van der Waals surface area contributed by atoms with Gasteiger partial charge in [-0.1, -0.05) is 0 Å². The van der Waals surface area contributed by atoms with Crippen LogP contribution in [-0.2, 0) is 10.0 Å². The van der Waals surface area contributed by atoms with Crippen LogP contribution in [0.15, 0.2) is 33.4 Å². The molecule has 0 bridgehead atoms. The summed E-state index contributed by atoms with van der Waals surface area (Å²) < 4.78 is 36.3. The van der Waals surface area contributed by atoms with Crippen molar-refractivity contribution in [3.05, 3.63) is 46.1 Å². The Labute approximate surface area is 147 Å². The second-order valence-corrected chi connectivity index (χ2v) is 9.45. The minimum absolute atomic E-state index is 0.0456. The molecular formula is C15H15FN2O3S3. The molecule has 0 spiro atoms. The van der Waals surface area contributed by atoms with E-state index in [4.69, 9.17) is 5.14 Å². The van der Waals surface area contributed by atoms with Crippen LogP contribution in [0.3, 0.4) is 0 Å². The van der Waals surface area contributed by atoms with Crippen molar-refractivity contribution >= 4 is 39.0 Å². The Kier molecular flexibility index (Phi) is 4.69. The third-order valence-electron chi connectivity index (χ3n) is 3.70. The molecule has 3 rings (SSSR count). The number of hydrogen-bond donors (Lipinski definition) is 2. The summed E-state index contributed by atoms with van der Waals surface area (Å²) in [5.41, 5.74) is 1.30. The summed E-state index contributed by atoms with van der Waals surface area (Å²) in [5, 5.41) is 7.99. The van der Waals surface area contributed by atoms with E-state index in [0.29, 0.717) is 16.9 Å². The number of thioether (sulfide) groups is 1. The number of primary sulfonamides is 1. The standard InChI is InChI=1S/C15H15FN2O3S3/c1-8-6-13(24(17,20)21)23-14(8)15(19)18-11-4-5-22-12-3-2-9(16)7-10(11)12/h2-3,6-7,11H,4-5H2,1H3,(H,18,19)(H2,17,20,21). The van der Waals surface area contributed by atoms with Crippen LogP contribution in [0.25, 0.3) is 0 Å². The zero-order valence-corrected chi connectivity index (χ0v) is 15.2. The summed E-state index contributed by atoms with van der Waals surface area (Å²) in [6, 6.07) is 5.63. The summed E-state index contributed by atoms with van der Waals surface area (Å²) in [5.74, 6) is 0.0916. The van der Waals surface area contributed by atoms with Crippen LogP contribution < -0.4 is 10.5 Å². The first-order valence-electron chi connectivity index (χ1n) is 7.12. The normalized spacial score (nSPS) is 17.4. The highest BCUT2D eigenvalue weighted by atomic mass is 32.2. The number of halogens is 1. The molecule has 1 aliphatic heterocycles. The quantitative estimate of drug-likeness (QED) is 0.849. The van der Waals surface area contributed by atoms with Crippen molar-refractivity contribution in [1.29, 1.82) is 0 Å². The zero-order valence-electron chi connectivity index (χ0n) is 12.7. The maximum atomic E-state index is 13.5. The number of nitrogens with one attached hydrogen (secondary N) is 1. The molecule has 1 unspecified atom stereocenters. The second kappa shape index (κ2) is 6.47. The lowest BCUT2D eigenvalue weighted by atomic mass is 10.0. The van der Waals surface area contributed by atoms with Gasteiger partial charge in [0.05, 0.1) is 10.9 Å². The predicted octanol–water partition coefficient (Wildman–Crippen LogP) is 2.81. The van der Waals surface area contributed by atoms with Gasteiger partial charge in [-0.2, -0.15) is 0 Å². The number of carbonyl (C=O) groups is 1. The van der Waals surface area contributed by atoms with Gasteiger partial charge in [-0.3, -0.25) is 4.79 Å². The number of sulfonamides is 1. The molecule has 1 aromatic carbocycles. The van der Waals surface area contributed by atoms with E-state index in [1.54, 1.807) is 24.8 Å². The van der Waals surface area contributed by atoms with E-state index in [1.807, 2.05) is 0 Å². The molecule has 0 aliphatic carbocycles. The lowest BCUT2D eigenvalue weighted by Gasteiger charge is -2.25. The number of fused-ring (bicyclic) bond motifs is 1. The van der Waals surface area contributed by atoms with Crippen molar-refractivity contribution in [3.63, 3.8) is 0 Å². The molecule has 9 heteroatoms. The van der Waals surface area contributed by atoms with Gasteiger partial charge in [-0.15, -0.1) is 23.1 Å². The molecule has 128 valence electrons. The van der Waals surface area contributed by atoms with Gasteiger partial charge in [0.15, 0.2) is 0 Å². The minimum atomic E-state index is -3.84. The number of benzene rings is 1. The van der Waals surface area contributed by atoms with Crippen LogP contribution in [0.4, 0.5) is 4.39 Å². The van der Waals surface area contributed by atoms with E-state index in [0.717, 1.165) is 27.5 Å². The average Bonchev–Trinajstić information content (AvgIpc) is 2.90. The number of thiophene rings is 1. The van der Waals surface area contributed by atoms with Crippen LogP contribution in [0.2, 0.25) is 0 Å². The van der Waals surface area contributed by atoms with Crippen LogP contribution in [0, 0.1) is 12.7 Å². The monoisotopic (exact) mass is 386 g/mol. The third kappa shape index (κ3) is 3.49. The Morgan fingerprint density at radius 2 is 2.12 bits per heavy atom. The first kappa shape index (κ1) is 17.4. The summed E-state index contributed by atoms with van der Waals surface area (Å²) >= 11 is 2.47. The largest absolute Gasteiger partial charge is 0.344 e. The number of rotatable bonds is 3. The maximum Gasteiger partial charge on any atom is 0.262 e. The minimum Gasteiger partial charge on any atom is -0.344 e. The molecule has 1 amide bonds. The molecule has 5 nitrogen and oxygen atoms in total. The molecule has 2 heterocycles. The van der Waals surface area contributed by atoms with Crippen molar-refractivity contribution in [2.24, 2.45) is 5.14 Å². The molecule has 3 N–H and O–H groups in total. The smallest absolute Gasteiger partial charge is 0.262 e. The van der Waals surface area contributed by atoms with Gasteiger partial charge in [0, 0.05) is 10.6 Å². The fourth-order valence-corrected chi connectivity index (χ4v) is 5.53. The van der Waals surface area contributed by atoms with E-state index >= 15 is 0 Å². The number of carbonyl (C=O) groups excluding carboxylic acids is 1. The molecule has 0 saturated heterocycles. The van der Waals surface area contributed by atoms with Gasteiger partial charge in [0.25, 0.3) is 5.91 Å². The third-order valence-corrected chi connectivity index (χ3v) is 7.48. The molecule has 24 heavy (non-hydrogen) atoms. The van der Waals surface area contributed by atoms with Crippen molar-refractivity contribution in [1.82, 2.24) is 5.32 Å². The van der Waals surface area contributed by atoms with E-state index in [2.05, 4.69) is 5.32 Å². The Hall–Kier alpha value is -1.42. The molecule has 1 atom stereocenters. The highest BCUT2D eigenvalue weighted by Gasteiger charge is 2.25. The van der Waals surface area contributed by atoms with E-state index < -0.39 is 10.0 Å². The number of aryl methyl sites for hydroxylation is 1. The van der Waals surface area contributed by atoms with Gasteiger partial charge in [0.2, 0.25) is 10.0 Å². The summed E-state index contributed by atoms with van der Waals surface area (Å²) in [6.07, 6.45) is 0.680. The van der Waals surface area contributed by atoms with Crippen LogP contribution in [0.1, 0.15) is 33.3 Å². The van der Waals surface area contributed by atoms with Crippen molar-refractivity contribution in [2.45, 2.75) is 28.5 Å². The Morgan fingerprint density at radius 1 is 1.38 bits per heavy atom. The molecule has 1 aliphatic rings. The van der Waals surface area contributed by atoms with Crippen molar-refractivity contribution in [2.75, 3.05) is 5.75 Å². The molecule has 0 radical (unpaired) electrons. The Bertz CT molecular complexity index is 909. The van der Waals surface area contributed by atoms with Crippen LogP contribution in [-0.4, -0.2) is 20.1 Å². The summed E-state index contributed by atoms with van der Waals surface area (Å²) in [7, 11) is -3.84. The fraction of sp³-hybridized carbons (Fsp3) is 0.267. The van der Waals surface area contributed by atoms with Gasteiger partial charge in [-0.25, -0.2) is 17.9 Å². The second-order valence-electron chi connectivity index (χ2n) is 5.47. The Morgan fingerprint density at radius 3 is 2.79 bits per heavy atom. The van der Waals surface area contributed by atoms with Gasteiger partial charge < -0.3 is 5.32 Å². The molecule has 0 fully saturated rings. The van der Waals surface area contributed by atoms with Gasteiger partial charge in [-0.05, 0) is 48.7 Å². The Balaban J connectivity index is 1.87. The van der Waals surface area contributed by atoms with Crippen LogP contribution >= 0.6 is 23.1 Å². The fourth-order valence-electron chi connectivity index (χ4n) is 2.56. The maximum absolute atomic E-state index is 13.5. The first-order chi connectivity index (χ1) is 11.3. The number of amides is 1. The molecule has 1 aromatic heterocycles.